The fourth-order valence-corrected chi connectivity index (χ4v) is 1.18. The summed E-state index contributed by atoms with van der Waals surface area (Å²) in [5, 5.41) is 18.3. The van der Waals surface area contributed by atoms with Gasteiger partial charge in [0.1, 0.15) is 5.75 Å². The molecule has 0 aliphatic carbocycles. The van der Waals surface area contributed by atoms with Gasteiger partial charge in [-0.2, -0.15) is 0 Å². The first kappa shape index (κ1) is 9.07. The summed E-state index contributed by atoms with van der Waals surface area (Å²) in [6.45, 7) is 3.92. The minimum atomic E-state index is 0.0794. The summed E-state index contributed by atoms with van der Waals surface area (Å²) >= 11 is 0. The maximum atomic E-state index is 9.60. The number of aryl methyl sites for hydroxylation is 1. The molecule has 12 heavy (non-hydrogen) atoms. The topological polar surface area (TPSA) is 40.5 Å². The van der Waals surface area contributed by atoms with E-state index >= 15 is 0 Å². The van der Waals surface area contributed by atoms with E-state index in [1.165, 1.54) is 0 Å². The molecule has 0 aromatic heterocycles. The highest BCUT2D eigenvalue weighted by atomic mass is 16.3. The van der Waals surface area contributed by atoms with Crippen LogP contribution < -0.4 is 0 Å². The van der Waals surface area contributed by atoms with E-state index in [4.69, 9.17) is 5.11 Å². The number of benzene rings is 1. The van der Waals surface area contributed by atoms with Gasteiger partial charge < -0.3 is 10.2 Å². The fraction of sp³-hybridized carbons (Fsp3) is 0.400. The van der Waals surface area contributed by atoms with Crippen LogP contribution in [-0.4, -0.2) is 16.8 Å². The van der Waals surface area contributed by atoms with E-state index < -0.39 is 0 Å². The Morgan fingerprint density at radius 3 is 2.50 bits per heavy atom. The highest BCUT2D eigenvalue weighted by Crippen LogP contribution is 2.24. The number of phenols is 1. The molecule has 2 heteroatoms. The summed E-state index contributed by atoms with van der Waals surface area (Å²) in [6.07, 6.45) is 0.521. The van der Waals surface area contributed by atoms with Gasteiger partial charge in [0.2, 0.25) is 0 Å². The van der Waals surface area contributed by atoms with Gasteiger partial charge in [-0.25, -0.2) is 0 Å². The summed E-state index contributed by atoms with van der Waals surface area (Å²) in [6, 6.07) is 3.81. The zero-order chi connectivity index (χ0) is 9.14. The Morgan fingerprint density at radius 2 is 1.92 bits per heavy atom. The number of rotatable bonds is 2. The first-order valence-corrected chi connectivity index (χ1v) is 4.05. The average Bonchev–Trinajstić information content (AvgIpc) is 2.07. The quantitative estimate of drug-likeness (QED) is 0.699. The zero-order valence-electron chi connectivity index (χ0n) is 7.46. The van der Waals surface area contributed by atoms with Crippen LogP contribution in [0.2, 0.25) is 0 Å². The van der Waals surface area contributed by atoms with Crippen LogP contribution in [-0.2, 0) is 6.42 Å². The molecule has 0 unspecified atom stereocenters. The Hall–Kier alpha value is -1.02. The molecule has 1 aromatic carbocycles. The lowest BCUT2D eigenvalue weighted by Gasteiger charge is -2.07. The highest BCUT2D eigenvalue weighted by molar-refractivity contribution is 5.44. The number of hydrogen-bond donors (Lipinski definition) is 2. The smallest absolute Gasteiger partial charge is 0.122 e. The van der Waals surface area contributed by atoms with E-state index in [9.17, 15) is 5.11 Å². The molecule has 2 nitrogen and oxygen atoms in total. The Labute approximate surface area is 72.5 Å². The van der Waals surface area contributed by atoms with Crippen LogP contribution in [0.15, 0.2) is 12.1 Å². The van der Waals surface area contributed by atoms with Crippen LogP contribution in [0.3, 0.4) is 0 Å². The number of aliphatic hydroxyl groups is 1. The van der Waals surface area contributed by atoms with Crippen molar-refractivity contribution in [1.82, 2.24) is 0 Å². The molecule has 0 amide bonds. The second-order valence-electron chi connectivity index (χ2n) is 2.99. The Kier molecular flexibility index (Phi) is 2.71. The molecule has 2 N–H and O–H groups in total. The Bertz CT molecular complexity index is 279. The van der Waals surface area contributed by atoms with Crippen molar-refractivity contribution in [2.75, 3.05) is 6.61 Å². The molecule has 66 valence electrons. The van der Waals surface area contributed by atoms with E-state index in [1.54, 1.807) is 0 Å². The molecular weight excluding hydrogens is 152 g/mol. The number of aromatic hydroxyl groups is 1. The van der Waals surface area contributed by atoms with Crippen molar-refractivity contribution >= 4 is 0 Å². The van der Waals surface area contributed by atoms with E-state index in [2.05, 4.69) is 0 Å². The molecule has 0 aliphatic heterocycles. The molecule has 0 spiro atoms. The van der Waals surface area contributed by atoms with E-state index in [0.717, 1.165) is 16.7 Å². The summed E-state index contributed by atoms with van der Waals surface area (Å²) in [5.74, 6) is 0.323. The molecule has 0 saturated heterocycles. The number of aliphatic hydroxyl groups excluding tert-OH is 1. The van der Waals surface area contributed by atoms with Crippen LogP contribution in [0.1, 0.15) is 16.7 Å². The van der Waals surface area contributed by atoms with Gasteiger partial charge in [-0.1, -0.05) is 12.1 Å². The van der Waals surface area contributed by atoms with E-state index in [-0.39, 0.29) is 6.61 Å². The molecule has 0 heterocycles. The van der Waals surface area contributed by atoms with Crippen LogP contribution in [0.25, 0.3) is 0 Å². The minimum absolute atomic E-state index is 0.0794. The summed E-state index contributed by atoms with van der Waals surface area (Å²) in [4.78, 5) is 0. The second-order valence-corrected chi connectivity index (χ2v) is 2.99. The number of hydrogen-bond acceptors (Lipinski definition) is 2. The lowest BCUT2D eigenvalue weighted by atomic mass is 10.0. The molecule has 0 atom stereocenters. The number of phenolic OH excluding ortho intramolecular Hbond substituents is 1. The lowest BCUT2D eigenvalue weighted by Crippen LogP contribution is -1.93. The van der Waals surface area contributed by atoms with E-state index in [1.807, 2.05) is 26.0 Å². The van der Waals surface area contributed by atoms with Gasteiger partial charge >= 0.3 is 0 Å². The SMILES string of the molecule is Cc1ccc(CCO)c(O)c1C. The molecule has 0 radical (unpaired) electrons. The zero-order valence-corrected chi connectivity index (χ0v) is 7.46. The Balaban J connectivity index is 3.08. The fourth-order valence-electron chi connectivity index (χ4n) is 1.18. The van der Waals surface area contributed by atoms with Crippen molar-refractivity contribution < 1.29 is 10.2 Å². The predicted octanol–water partition coefficient (Wildman–Crippen LogP) is 1.54. The first-order chi connectivity index (χ1) is 5.66. The molecule has 1 aromatic rings. The molecule has 1 rings (SSSR count). The van der Waals surface area contributed by atoms with Crippen molar-refractivity contribution in [3.8, 4) is 5.75 Å². The van der Waals surface area contributed by atoms with Gasteiger partial charge in [0, 0.05) is 6.61 Å². The van der Waals surface area contributed by atoms with Gasteiger partial charge in [-0.15, -0.1) is 0 Å². The van der Waals surface area contributed by atoms with Crippen molar-refractivity contribution in [2.45, 2.75) is 20.3 Å². The molecular formula is C10H14O2. The van der Waals surface area contributed by atoms with Crippen LogP contribution >= 0.6 is 0 Å². The van der Waals surface area contributed by atoms with Crippen molar-refractivity contribution in [3.63, 3.8) is 0 Å². The minimum Gasteiger partial charge on any atom is -0.507 e. The third-order valence-electron chi connectivity index (χ3n) is 2.17. The van der Waals surface area contributed by atoms with Gasteiger partial charge in [0.25, 0.3) is 0 Å². The third-order valence-corrected chi connectivity index (χ3v) is 2.17. The summed E-state index contributed by atoms with van der Waals surface area (Å²) in [5.41, 5.74) is 2.80. The average molecular weight is 166 g/mol. The first-order valence-electron chi connectivity index (χ1n) is 4.05. The van der Waals surface area contributed by atoms with Crippen LogP contribution in [0.4, 0.5) is 0 Å². The maximum Gasteiger partial charge on any atom is 0.122 e. The molecule has 0 aliphatic rings. The highest BCUT2D eigenvalue weighted by Gasteiger charge is 2.04. The normalized spacial score (nSPS) is 10.2. The predicted molar refractivity (Wildman–Crippen MR) is 48.4 cm³/mol. The van der Waals surface area contributed by atoms with Crippen molar-refractivity contribution in [2.24, 2.45) is 0 Å². The second kappa shape index (κ2) is 3.59. The molecule has 0 bridgehead atoms. The molecule has 0 fully saturated rings. The Morgan fingerprint density at radius 1 is 1.25 bits per heavy atom. The van der Waals surface area contributed by atoms with Gasteiger partial charge in [0.15, 0.2) is 0 Å². The van der Waals surface area contributed by atoms with Crippen molar-refractivity contribution in [3.05, 3.63) is 28.8 Å². The van der Waals surface area contributed by atoms with E-state index in [0.29, 0.717) is 12.2 Å². The largest absolute Gasteiger partial charge is 0.507 e. The third kappa shape index (κ3) is 1.59. The molecule has 0 saturated carbocycles. The van der Waals surface area contributed by atoms with Crippen LogP contribution in [0.5, 0.6) is 5.75 Å². The summed E-state index contributed by atoms with van der Waals surface area (Å²) < 4.78 is 0. The maximum absolute atomic E-state index is 9.60. The lowest BCUT2D eigenvalue weighted by molar-refractivity contribution is 0.297. The summed E-state index contributed by atoms with van der Waals surface area (Å²) in [7, 11) is 0. The van der Waals surface area contributed by atoms with Gasteiger partial charge in [-0.3, -0.25) is 0 Å². The monoisotopic (exact) mass is 166 g/mol. The standard InChI is InChI=1S/C10H14O2/c1-7-3-4-9(5-6-11)10(12)8(7)2/h3-4,11-12H,5-6H2,1-2H3. The van der Waals surface area contributed by atoms with Crippen molar-refractivity contribution in [1.29, 1.82) is 0 Å². The van der Waals surface area contributed by atoms with Gasteiger partial charge in [0.05, 0.1) is 0 Å². The van der Waals surface area contributed by atoms with Gasteiger partial charge in [-0.05, 0) is 37.0 Å². The van der Waals surface area contributed by atoms with Crippen LogP contribution in [0, 0.1) is 13.8 Å².